The summed E-state index contributed by atoms with van der Waals surface area (Å²) in [7, 11) is 0. The van der Waals surface area contributed by atoms with Crippen molar-refractivity contribution in [2.45, 2.75) is 19.9 Å². The van der Waals surface area contributed by atoms with Crippen molar-refractivity contribution in [1.29, 1.82) is 0 Å². The monoisotopic (exact) mass is 488 g/mol. The lowest BCUT2D eigenvalue weighted by Crippen LogP contribution is -2.22. The maximum Gasteiger partial charge on any atom is 0.280 e. The number of hydrogen-bond acceptors (Lipinski definition) is 4. The Balaban J connectivity index is 1.39. The fraction of sp³-hybridized carbons (Fsp3) is 0.120. The van der Waals surface area contributed by atoms with Gasteiger partial charge in [0.25, 0.3) is 5.56 Å². The fourth-order valence-electron chi connectivity index (χ4n) is 4.42. The van der Waals surface area contributed by atoms with Gasteiger partial charge in [-0.05, 0) is 60.9 Å². The van der Waals surface area contributed by atoms with Gasteiger partial charge in [0.1, 0.15) is 5.52 Å². The van der Waals surface area contributed by atoms with E-state index in [9.17, 15) is 4.79 Å². The molecular formula is C25H18Cl2N6O. The lowest BCUT2D eigenvalue weighted by Gasteiger charge is -2.07. The Bertz CT molecular complexity index is 1760. The topological polar surface area (TPSA) is 80.9 Å². The lowest BCUT2D eigenvalue weighted by molar-refractivity contribution is 0.674. The normalized spacial score (nSPS) is 11.7. The number of aromatic nitrogens is 6. The molecular weight excluding hydrogens is 471 g/mol. The summed E-state index contributed by atoms with van der Waals surface area (Å²) in [5, 5.41) is 15.7. The molecule has 0 fully saturated rings. The van der Waals surface area contributed by atoms with Crippen molar-refractivity contribution in [2.75, 3.05) is 0 Å². The van der Waals surface area contributed by atoms with Crippen LogP contribution >= 0.6 is 23.2 Å². The van der Waals surface area contributed by atoms with Crippen LogP contribution in [-0.2, 0) is 13.0 Å². The number of halogens is 2. The van der Waals surface area contributed by atoms with Crippen molar-refractivity contribution in [3.63, 3.8) is 0 Å². The SMILES string of the molecule is Cc1nn2c(nnc3c(=O)n(CCc4c[nH]c5ccc(Cl)cc45)ccc32)c1-c1ccc(Cl)cc1. The van der Waals surface area contributed by atoms with Crippen LogP contribution in [0, 0.1) is 6.92 Å². The summed E-state index contributed by atoms with van der Waals surface area (Å²) in [5.74, 6) is 0. The summed E-state index contributed by atoms with van der Waals surface area (Å²) < 4.78 is 3.34. The molecule has 6 aromatic rings. The molecule has 1 N–H and O–H groups in total. The minimum atomic E-state index is -0.203. The van der Waals surface area contributed by atoms with Gasteiger partial charge in [0.15, 0.2) is 11.2 Å². The first-order valence-corrected chi connectivity index (χ1v) is 11.5. The molecule has 0 unspecified atom stereocenters. The number of aryl methyl sites for hydroxylation is 3. The van der Waals surface area contributed by atoms with Gasteiger partial charge in [0, 0.05) is 39.9 Å². The van der Waals surface area contributed by atoms with E-state index in [1.54, 1.807) is 15.3 Å². The highest BCUT2D eigenvalue weighted by Gasteiger charge is 2.17. The second-order valence-electron chi connectivity index (χ2n) is 8.20. The number of nitrogens with one attached hydrogen (secondary N) is 1. The number of hydrogen-bond donors (Lipinski definition) is 1. The molecule has 0 radical (unpaired) electrons. The predicted molar refractivity (Wildman–Crippen MR) is 135 cm³/mol. The van der Waals surface area contributed by atoms with Crippen LogP contribution in [0.2, 0.25) is 10.0 Å². The second kappa shape index (κ2) is 7.97. The number of H-pyrrole nitrogens is 1. The van der Waals surface area contributed by atoms with Gasteiger partial charge in [-0.2, -0.15) is 5.10 Å². The molecule has 0 saturated carbocycles. The Morgan fingerprint density at radius 2 is 1.79 bits per heavy atom. The summed E-state index contributed by atoms with van der Waals surface area (Å²) in [6.45, 7) is 2.42. The van der Waals surface area contributed by atoms with E-state index in [1.807, 2.05) is 61.7 Å². The molecule has 0 amide bonds. The van der Waals surface area contributed by atoms with E-state index in [2.05, 4.69) is 20.3 Å². The van der Waals surface area contributed by atoms with E-state index >= 15 is 0 Å². The van der Waals surface area contributed by atoms with Crippen molar-refractivity contribution in [1.82, 2.24) is 29.4 Å². The third kappa shape index (κ3) is 3.36. The second-order valence-corrected chi connectivity index (χ2v) is 9.08. The zero-order valence-corrected chi connectivity index (χ0v) is 19.6. The molecule has 0 saturated heterocycles. The van der Waals surface area contributed by atoms with Gasteiger partial charge in [-0.15, -0.1) is 10.2 Å². The van der Waals surface area contributed by atoms with Crippen molar-refractivity contribution < 1.29 is 0 Å². The van der Waals surface area contributed by atoms with Crippen molar-refractivity contribution in [3.05, 3.63) is 92.6 Å². The molecule has 9 heteroatoms. The molecule has 7 nitrogen and oxygen atoms in total. The number of fused-ring (bicyclic) bond motifs is 4. The number of rotatable bonds is 4. The van der Waals surface area contributed by atoms with Gasteiger partial charge in [-0.3, -0.25) is 4.79 Å². The summed E-state index contributed by atoms with van der Waals surface area (Å²) in [4.78, 5) is 16.5. The van der Waals surface area contributed by atoms with E-state index in [-0.39, 0.29) is 11.1 Å². The molecule has 4 heterocycles. The average molecular weight is 489 g/mol. The molecule has 0 bridgehead atoms. The van der Waals surface area contributed by atoms with E-state index in [0.29, 0.717) is 34.2 Å². The van der Waals surface area contributed by atoms with E-state index < -0.39 is 0 Å². The molecule has 168 valence electrons. The minimum absolute atomic E-state index is 0.203. The van der Waals surface area contributed by atoms with Gasteiger partial charge in [0.05, 0.1) is 11.3 Å². The molecule has 0 spiro atoms. The molecule has 0 aliphatic heterocycles. The highest BCUT2D eigenvalue weighted by Crippen LogP contribution is 2.29. The van der Waals surface area contributed by atoms with Gasteiger partial charge >= 0.3 is 0 Å². The molecule has 4 aromatic heterocycles. The minimum Gasteiger partial charge on any atom is -0.361 e. The van der Waals surface area contributed by atoms with Crippen molar-refractivity contribution in [3.8, 4) is 11.1 Å². The van der Waals surface area contributed by atoms with Gasteiger partial charge in [-0.25, -0.2) is 4.52 Å². The van der Waals surface area contributed by atoms with Gasteiger partial charge < -0.3 is 9.55 Å². The molecule has 0 atom stereocenters. The largest absolute Gasteiger partial charge is 0.361 e. The molecule has 6 rings (SSSR count). The predicted octanol–water partition coefficient (Wildman–Crippen LogP) is 5.45. The highest BCUT2D eigenvalue weighted by molar-refractivity contribution is 6.31. The van der Waals surface area contributed by atoms with Crippen LogP contribution < -0.4 is 5.56 Å². The quantitative estimate of drug-likeness (QED) is 0.357. The maximum atomic E-state index is 13.2. The summed E-state index contributed by atoms with van der Waals surface area (Å²) in [6.07, 6.45) is 4.41. The van der Waals surface area contributed by atoms with E-state index in [0.717, 1.165) is 33.3 Å². The average Bonchev–Trinajstić information content (AvgIpc) is 3.39. The molecule has 2 aromatic carbocycles. The molecule has 34 heavy (non-hydrogen) atoms. The smallest absolute Gasteiger partial charge is 0.280 e. The first-order chi connectivity index (χ1) is 16.5. The van der Waals surface area contributed by atoms with Crippen LogP contribution in [-0.4, -0.2) is 29.4 Å². The fourth-order valence-corrected chi connectivity index (χ4v) is 4.72. The van der Waals surface area contributed by atoms with Gasteiger partial charge in [0.2, 0.25) is 0 Å². The van der Waals surface area contributed by atoms with E-state index in [1.165, 1.54) is 0 Å². The Morgan fingerprint density at radius 1 is 1.00 bits per heavy atom. The van der Waals surface area contributed by atoms with Crippen LogP contribution in [0.4, 0.5) is 0 Å². The Hall–Kier alpha value is -3.68. The maximum absolute atomic E-state index is 13.2. The van der Waals surface area contributed by atoms with Crippen molar-refractivity contribution in [2.24, 2.45) is 0 Å². The molecule has 0 aliphatic rings. The number of nitrogens with zero attached hydrogens (tertiary/aromatic N) is 5. The zero-order valence-electron chi connectivity index (χ0n) is 18.1. The van der Waals surface area contributed by atoms with Crippen LogP contribution in [0.25, 0.3) is 38.7 Å². The Kier molecular flexibility index (Phi) is 4.90. The number of aromatic amines is 1. The van der Waals surface area contributed by atoms with Crippen LogP contribution in [0.5, 0.6) is 0 Å². The van der Waals surface area contributed by atoms with E-state index in [4.69, 9.17) is 23.2 Å². The molecule has 0 aliphatic carbocycles. The first-order valence-electron chi connectivity index (χ1n) is 10.8. The summed E-state index contributed by atoms with van der Waals surface area (Å²) in [6, 6.07) is 15.1. The van der Waals surface area contributed by atoms with Crippen LogP contribution in [0.15, 0.2) is 65.7 Å². The third-order valence-corrected chi connectivity index (χ3v) is 6.60. The Morgan fingerprint density at radius 3 is 2.62 bits per heavy atom. The lowest BCUT2D eigenvalue weighted by atomic mass is 10.1. The standard InChI is InChI=1S/C25H18Cl2N6O/c1-14-22(15-2-4-17(26)5-3-15)24-30-29-23-21(33(24)31-14)9-11-32(25(23)34)10-8-16-13-28-20-7-6-18(27)12-19(16)20/h2-7,9,11-13,28H,8,10H2,1H3. The third-order valence-electron chi connectivity index (χ3n) is 6.11. The van der Waals surface area contributed by atoms with Crippen LogP contribution in [0.1, 0.15) is 11.3 Å². The first kappa shape index (κ1) is 20.9. The highest BCUT2D eigenvalue weighted by atomic mass is 35.5. The zero-order chi connectivity index (χ0) is 23.4. The summed E-state index contributed by atoms with van der Waals surface area (Å²) >= 11 is 12.2. The number of pyridine rings is 1. The van der Waals surface area contributed by atoms with Gasteiger partial charge in [-0.1, -0.05) is 35.3 Å². The number of benzene rings is 2. The Labute approximate surface area is 203 Å². The van der Waals surface area contributed by atoms with Crippen molar-refractivity contribution >= 4 is 50.8 Å². The van der Waals surface area contributed by atoms with Crippen LogP contribution in [0.3, 0.4) is 0 Å². The summed E-state index contributed by atoms with van der Waals surface area (Å²) in [5.41, 5.74) is 6.02.